The second kappa shape index (κ2) is 11.5. The maximum Gasteiger partial charge on any atom is 0.231 e. The molecule has 6 aromatic rings. The van der Waals surface area contributed by atoms with E-state index in [0.29, 0.717) is 11.8 Å². The van der Waals surface area contributed by atoms with Crippen molar-refractivity contribution in [1.82, 2.24) is 9.97 Å². The molecular weight excluding hydrogens is 591 g/mol. The Labute approximate surface area is 280 Å². The largest absolute Gasteiger partial charge is 0.309 e. The van der Waals surface area contributed by atoms with Crippen LogP contribution in [0.1, 0.15) is 60.6 Å². The van der Waals surface area contributed by atoms with E-state index in [1.54, 1.807) is 0 Å². The van der Waals surface area contributed by atoms with Gasteiger partial charge < -0.3 is 4.90 Å². The average molecular weight is 628 g/mol. The third-order valence-corrected chi connectivity index (χ3v) is 11.2. The SMILES string of the molecule is C1=CCc2sc3cc(-c4nc(N5CC6C=c7ccccc7=C(C6)c6cc(C7CC7)ccc65)nc5ccccc45)ccc3c2C=C1.CC. The van der Waals surface area contributed by atoms with E-state index in [4.69, 9.17) is 9.97 Å². The summed E-state index contributed by atoms with van der Waals surface area (Å²) < 4.78 is 1.31. The van der Waals surface area contributed by atoms with Gasteiger partial charge in [-0.3, -0.25) is 0 Å². The standard InChI is InChI=1S/C41H31N3S.C2H6/c1-2-10-31-32-18-16-29(23-39(32)45-38(31)13-3-1)40-33-11-6-7-12-36(33)42-41(43-40)44-24-25-20-28-8-4-5-9-30(28)34(21-25)35-22-27(26-14-15-26)17-19-37(35)44;1-2/h1-12,16-20,22-23,25-26H,13-15,21,24H2;1-2H3. The van der Waals surface area contributed by atoms with Gasteiger partial charge in [-0.2, -0.15) is 0 Å². The van der Waals surface area contributed by atoms with Gasteiger partial charge in [-0.05, 0) is 82.5 Å². The van der Waals surface area contributed by atoms with Gasteiger partial charge in [0.1, 0.15) is 0 Å². The van der Waals surface area contributed by atoms with Crippen LogP contribution >= 0.6 is 11.3 Å². The van der Waals surface area contributed by atoms with E-state index in [0.717, 1.165) is 47.5 Å². The van der Waals surface area contributed by atoms with Crippen molar-refractivity contribution in [3.05, 3.63) is 135 Å². The number of para-hydroxylation sites is 1. The minimum absolute atomic E-state index is 0.380. The van der Waals surface area contributed by atoms with Crippen molar-refractivity contribution in [2.75, 3.05) is 11.4 Å². The monoisotopic (exact) mass is 627 g/mol. The summed E-state index contributed by atoms with van der Waals surface area (Å²) >= 11 is 1.90. The number of aromatic nitrogens is 2. The Balaban J connectivity index is 0.00000149. The van der Waals surface area contributed by atoms with Crippen LogP contribution in [-0.2, 0) is 6.42 Å². The molecule has 1 unspecified atom stereocenters. The van der Waals surface area contributed by atoms with E-state index < -0.39 is 0 Å². The molecule has 0 spiro atoms. The van der Waals surface area contributed by atoms with E-state index in [1.165, 1.54) is 66.2 Å². The highest BCUT2D eigenvalue weighted by atomic mass is 32.1. The number of allylic oxidation sites excluding steroid dienone is 3. The summed E-state index contributed by atoms with van der Waals surface area (Å²) in [5.41, 5.74) is 9.99. The van der Waals surface area contributed by atoms with Crippen molar-refractivity contribution in [1.29, 1.82) is 0 Å². The van der Waals surface area contributed by atoms with Crippen LogP contribution < -0.4 is 15.3 Å². The first-order valence-electron chi connectivity index (χ1n) is 17.1. The van der Waals surface area contributed by atoms with Gasteiger partial charge in [0.05, 0.1) is 16.9 Å². The Morgan fingerprint density at radius 1 is 0.830 bits per heavy atom. The smallest absolute Gasteiger partial charge is 0.231 e. The van der Waals surface area contributed by atoms with Gasteiger partial charge in [0.15, 0.2) is 0 Å². The molecule has 230 valence electrons. The molecule has 2 aromatic heterocycles. The normalized spacial score (nSPS) is 17.6. The van der Waals surface area contributed by atoms with Crippen molar-refractivity contribution in [3.8, 4) is 11.3 Å². The number of nitrogens with zero attached hydrogens (tertiary/aromatic N) is 3. The first kappa shape index (κ1) is 28.4. The number of hydrogen-bond donors (Lipinski definition) is 0. The zero-order chi connectivity index (χ0) is 31.5. The van der Waals surface area contributed by atoms with E-state index in [9.17, 15) is 0 Å². The summed E-state index contributed by atoms with van der Waals surface area (Å²) in [7, 11) is 0. The second-order valence-corrected chi connectivity index (χ2v) is 14.0. The topological polar surface area (TPSA) is 29.0 Å². The molecule has 0 N–H and O–H groups in total. The van der Waals surface area contributed by atoms with Crippen LogP contribution in [-0.4, -0.2) is 16.5 Å². The molecule has 3 heterocycles. The molecule has 1 fully saturated rings. The van der Waals surface area contributed by atoms with Crippen LogP contribution in [0.15, 0.2) is 103 Å². The molecule has 0 amide bonds. The lowest BCUT2D eigenvalue weighted by molar-refractivity contribution is 0.699. The van der Waals surface area contributed by atoms with Crippen LogP contribution in [0.2, 0.25) is 0 Å². The Kier molecular flexibility index (Phi) is 6.93. The van der Waals surface area contributed by atoms with E-state index >= 15 is 0 Å². The van der Waals surface area contributed by atoms with Crippen molar-refractivity contribution >= 4 is 61.7 Å². The molecule has 1 aliphatic heterocycles. The molecule has 4 heteroatoms. The molecule has 4 aromatic carbocycles. The number of rotatable bonds is 3. The van der Waals surface area contributed by atoms with Gasteiger partial charge >= 0.3 is 0 Å². The van der Waals surface area contributed by atoms with Gasteiger partial charge in [-0.1, -0.05) is 105 Å². The highest BCUT2D eigenvalue weighted by Crippen LogP contribution is 2.46. The maximum atomic E-state index is 5.44. The molecule has 1 atom stereocenters. The minimum atomic E-state index is 0.380. The Morgan fingerprint density at radius 3 is 2.62 bits per heavy atom. The molecule has 47 heavy (non-hydrogen) atoms. The predicted molar refractivity (Wildman–Crippen MR) is 200 cm³/mol. The minimum Gasteiger partial charge on any atom is -0.309 e. The Bertz CT molecular complexity index is 2390. The number of hydrogen-bond acceptors (Lipinski definition) is 4. The zero-order valence-electron chi connectivity index (χ0n) is 26.9. The van der Waals surface area contributed by atoms with Crippen molar-refractivity contribution in [2.24, 2.45) is 5.92 Å². The fourth-order valence-electron chi connectivity index (χ4n) is 7.66. The summed E-state index contributed by atoms with van der Waals surface area (Å²) in [6.07, 6.45) is 15.9. The number of fused-ring (bicyclic) bond motifs is 9. The van der Waals surface area contributed by atoms with Crippen molar-refractivity contribution < 1.29 is 0 Å². The van der Waals surface area contributed by atoms with E-state index in [1.807, 2.05) is 25.2 Å². The quantitative estimate of drug-likeness (QED) is 0.196. The molecule has 4 aliphatic rings. The molecule has 0 radical (unpaired) electrons. The molecule has 3 aliphatic carbocycles. The molecule has 0 saturated heterocycles. The summed E-state index contributed by atoms with van der Waals surface area (Å²) in [6.45, 7) is 4.85. The maximum absolute atomic E-state index is 5.44. The molecular formula is C43H37N3S. The molecule has 2 bridgehead atoms. The Morgan fingerprint density at radius 2 is 1.70 bits per heavy atom. The average Bonchev–Trinajstić information content (AvgIpc) is 3.96. The number of anilines is 2. The zero-order valence-corrected chi connectivity index (χ0v) is 27.7. The third kappa shape index (κ3) is 4.85. The Hall–Kier alpha value is -4.80. The predicted octanol–water partition coefficient (Wildman–Crippen LogP) is 9.69. The molecule has 1 saturated carbocycles. The lowest BCUT2D eigenvalue weighted by atomic mass is 9.87. The van der Waals surface area contributed by atoms with Crippen molar-refractivity contribution in [2.45, 2.75) is 45.4 Å². The van der Waals surface area contributed by atoms with Gasteiger partial charge in [-0.15, -0.1) is 11.3 Å². The first-order chi connectivity index (χ1) is 23.3. The lowest BCUT2D eigenvalue weighted by Gasteiger charge is -2.26. The first-order valence-corrected chi connectivity index (χ1v) is 18.0. The van der Waals surface area contributed by atoms with E-state index in [2.05, 4.69) is 120 Å². The van der Waals surface area contributed by atoms with Gasteiger partial charge in [0.25, 0.3) is 0 Å². The fraction of sp³-hybridized carbons (Fsp3) is 0.209. The molecule has 10 rings (SSSR count). The lowest BCUT2D eigenvalue weighted by Crippen LogP contribution is -2.33. The highest BCUT2D eigenvalue weighted by Gasteiger charge is 2.31. The third-order valence-electron chi connectivity index (χ3n) is 9.99. The van der Waals surface area contributed by atoms with Crippen LogP contribution in [0.3, 0.4) is 0 Å². The number of thiophene rings is 1. The van der Waals surface area contributed by atoms with Crippen molar-refractivity contribution in [3.63, 3.8) is 0 Å². The van der Waals surface area contributed by atoms with E-state index in [-0.39, 0.29) is 0 Å². The van der Waals surface area contributed by atoms with Gasteiger partial charge in [-0.25, -0.2) is 9.97 Å². The number of benzene rings is 4. The fourth-order valence-corrected chi connectivity index (χ4v) is 8.86. The van der Waals surface area contributed by atoms with Crippen LogP contribution in [0.25, 0.3) is 50.0 Å². The van der Waals surface area contributed by atoms with Crippen LogP contribution in [0.5, 0.6) is 0 Å². The summed E-state index contributed by atoms with van der Waals surface area (Å²) in [6, 6.07) is 31.5. The highest BCUT2D eigenvalue weighted by molar-refractivity contribution is 7.19. The van der Waals surface area contributed by atoms with Gasteiger partial charge in [0.2, 0.25) is 5.95 Å². The summed E-state index contributed by atoms with van der Waals surface area (Å²) in [5, 5.41) is 5.14. The summed E-state index contributed by atoms with van der Waals surface area (Å²) in [5.74, 6) is 1.86. The molecule has 3 nitrogen and oxygen atoms in total. The van der Waals surface area contributed by atoms with Crippen LogP contribution in [0, 0.1) is 5.92 Å². The van der Waals surface area contributed by atoms with Crippen LogP contribution in [0.4, 0.5) is 11.6 Å². The second-order valence-electron chi connectivity index (χ2n) is 12.9. The summed E-state index contributed by atoms with van der Waals surface area (Å²) in [4.78, 5) is 14.5. The van der Waals surface area contributed by atoms with Gasteiger partial charge in [0, 0.05) is 44.4 Å².